The van der Waals surface area contributed by atoms with Crippen LogP contribution in [0.15, 0.2) is 24.3 Å². The van der Waals surface area contributed by atoms with Gasteiger partial charge in [0.1, 0.15) is 0 Å². The fourth-order valence-electron chi connectivity index (χ4n) is 4.69. The molecule has 3 unspecified atom stereocenters. The normalized spacial score (nSPS) is 28.2. The van der Waals surface area contributed by atoms with Crippen LogP contribution in [0.5, 0.6) is 0 Å². The monoisotopic (exact) mass is 418 g/mol. The van der Waals surface area contributed by atoms with E-state index in [1.54, 1.807) is 0 Å². The van der Waals surface area contributed by atoms with Crippen LogP contribution >= 0.6 is 0 Å². The third-order valence-electron chi connectivity index (χ3n) is 7.03. The van der Waals surface area contributed by atoms with Crippen molar-refractivity contribution in [1.29, 1.82) is 0 Å². The van der Waals surface area contributed by atoms with Gasteiger partial charge < -0.3 is 5.11 Å². The van der Waals surface area contributed by atoms with Crippen LogP contribution < -0.4 is 0 Å². The Kier molecular flexibility index (Phi) is 14.0. The molecule has 2 aliphatic rings. The number of hydrogen-bond donors (Lipinski definition) is 1. The standard InChI is InChI=1S/C21H36O.C8H18/c1-16(2)4-5-17(3)6-7-18-8-10-19(11-9-18)20-12-14-21(22)15-13-20;1-7(2)5-6-8(3)4/h6-7,12,14,16-22H,4-5,8-11,13,15H2,1-3H3;7-8H,5-6H2,1-4H3/b7-6+;. The number of rotatable bonds is 9. The first-order valence-electron chi connectivity index (χ1n) is 13.2. The van der Waals surface area contributed by atoms with Gasteiger partial charge >= 0.3 is 0 Å². The highest BCUT2D eigenvalue weighted by Gasteiger charge is 2.27. The summed E-state index contributed by atoms with van der Waals surface area (Å²) >= 11 is 0. The quantitative estimate of drug-likeness (QED) is 0.371. The van der Waals surface area contributed by atoms with Crippen molar-refractivity contribution in [2.75, 3.05) is 0 Å². The fourth-order valence-corrected chi connectivity index (χ4v) is 4.69. The molecule has 3 atom stereocenters. The summed E-state index contributed by atoms with van der Waals surface area (Å²) in [6.45, 7) is 16.1. The van der Waals surface area contributed by atoms with E-state index in [0.29, 0.717) is 0 Å². The van der Waals surface area contributed by atoms with Crippen LogP contribution in [-0.4, -0.2) is 11.2 Å². The minimum Gasteiger partial charge on any atom is -0.389 e. The molecule has 176 valence electrons. The van der Waals surface area contributed by atoms with E-state index in [0.717, 1.165) is 47.8 Å². The van der Waals surface area contributed by atoms with Crippen molar-refractivity contribution in [2.45, 2.75) is 119 Å². The van der Waals surface area contributed by atoms with Crippen molar-refractivity contribution in [3.8, 4) is 0 Å². The topological polar surface area (TPSA) is 20.2 Å². The van der Waals surface area contributed by atoms with Gasteiger partial charge in [-0.1, -0.05) is 92.0 Å². The van der Waals surface area contributed by atoms with Gasteiger partial charge in [-0.15, -0.1) is 0 Å². The highest BCUT2D eigenvalue weighted by atomic mass is 16.3. The second kappa shape index (κ2) is 15.3. The third kappa shape index (κ3) is 13.0. The molecule has 0 aromatic carbocycles. The van der Waals surface area contributed by atoms with Gasteiger partial charge in [0.05, 0.1) is 6.10 Å². The highest BCUT2D eigenvalue weighted by molar-refractivity contribution is 5.02. The van der Waals surface area contributed by atoms with Crippen molar-refractivity contribution in [1.82, 2.24) is 0 Å². The van der Waals surface area contributed by atoms with E-state index < -0.39 is 0 Å². The molecule has 1 fully saturated rings. The molecule has 1 heteroatoms. The maximum absolute atomic E-state index is 9.57. The van der Waals surface area contributed by atoms with Crippen molar-refractivity contribution < 1.29 is 5.11 Å². The van der Waals surface area contributed by atoms with Crippen LogP contribution in [0.1, 0.15) is 113 Å². The maximum atomic E-state index is 9.57. The van der Waals surface area contributed by atoms with Crippen molar-refractivity contribution in [3.05, 3.63) is 24.3 Å². The summed E-state index contributed by atoms with van der Waals surface area (Å²) < 4.78 is 0. The lowest BCUT2D eigenvalue weighted by molar-refractivity contribution is 0.169. The van der Waals surface area contributed by atoms with Crippen molar-refractivity contribution >= 4 is 0 Å². The third-order valence-corrected chi connectivity index (χ3v) is 7.03. The lowest BCUT2D eigenvalue weighted by Crippen LogP contribution is -2.23. The van der Waals surface area contributed by atoms with Crippen LogP contribution in [0.2, 0.25) is 0 Å². The molecule has 0 bridgehead atoms. The lowest BCUT2D eigenvalue weighted by Gasteiger charge is -2.33. The molecule has 0 aromatic rings. The van der Waals surface area contributed by atoms with Gasteiger partial charge in [0, 0.05) is 0 Å². The van der Waals surface area contributed by atoms with E-state index in [4.69, 9.17) is 0 Å². The Morgan fingerprint density at radius 1 is 0.700 bits per heavy atom. The molecular weight excluding hydrogens is 364 g/mol. The molecule has 1 N–H and O–H groups in total. The minimum absolute atomic E-state index is 0.178. The van der Waals surface area contributed by atoms with E-state index in [-0.39, 0.29) is 6.10 Å². The van der Waals surface area contributed by atoms with E-state index >= 15 is 0 Å². The molecule has 1 saturated carbocycles. The molecule has 0 radical (unpaired) electrons. The predicted molar refractivity (Wildman–Crippen MR) is 135 cm³/mol. The minimum atomic E-state index is -0.178. The summed E-state index contributed by atoms with van der Waals surface area (Å²) in [5.41, 5.74) is 0. The first-order valence-corrected chi connectivity index (χ1v) is 13.2. The smallest absolute Gasteiger partial charge is 0.0721 e. The van der Waals surface area contributed by atoms with Gasteiger partial charge in [0.2, 0.25) is 0 Å². The molecule has 0 aromatic heterocycles. The Morgan fingerprint density at radius 2 is 1.23 bits per heavy atom. The van der Waals surface area contributed by atoms with Gasteiger partial charge in [0.25, 0.3) is 0 Å². The van der Waals surface area contributed by atoms with Crippen LogP contribution in [0.25, 0.3) is 0 Å². The van der Waals surface area contributed by atoms with Gasteiger partial charge in [-0.25, -0.2) is 0 Å². The molecule has 2 aliphatic carbocycles. The van der Waals surface area contributed by atoms with Crippen molar-refractivity contribution in [3.63, 3.8) is 0 Å². The average molecular weight is 419 g/mol. The lowest BCUT2D eigenvalue weighted by atomic mass is 9.72. The van der Waals surface area contributed by atoms with Crippen molar-refractivity contribution in [2.24, 2.45) is 41.4 Å². The average Bonchev–Trinajstić information content (AvgIpc) is 2.70. The largest absolute Gasteiger partial charge is 0.389 e. The molecule has 1 nitrogen and oxygen atoms in total. The van der Waals surface area contributed by atoms with Gasteiger partial charge in [-0.05, 0) is 86.4 Å². The van der Waals surface area contributed by atoms with E-state index in [2.05, 4.69) is 66.7 Å². The predicted octanol–water partition coefficient (Wildman–Crippen LogP) is 8.83. The Bertz CT molecular complexity index is 457. The Labute approximate surface area is 189 Å². The van der Waals surface area contributed by atoms with Crippen LogP contribution in [0, 0.1) is 41.4 Å². The SMILES string of the molecule is CC(C)CCC(C)/C=C/C1CCC(C2C=CC(O)CC2)CC1.CC(C)CCC(C)C. The number of allylic oxidation sites excluding steroid dienone is 3. The Morgan fingerprint density at radius 3 is 1.70 bits per heavy atom. The molecule has 0 aliphatic heterocycles. The maximum Gasteiger partial charge on any atom is 0.0721 e. The molecular formula is C29H54O. The summed E-state index contributed by atoms with van der Waals surface area (Å²) in [5.74, 6) is 5.76. The molecule has 0 saturated heterocycles. The second-order valence-electron chi connectivity index (χ2n) is 11.6. The number of aliphatic hydroxyl groups excluding tert-OH is 1. The highest BCUT2D eigenvalue weighted by Crippen LogP contribution is 2.38. The Hall–Kier alpha value is -0.560. The van der Waals surface area contributed by atoms with Crippen LogP contribution in [-0.2, 0) is 0 Å². The molecule has 2 rings (SSSR count). The molecule has 0 spiro atoms. The molecule has 0 amide bonds. The van der Waals surface area contributed by atoms with E-state index in [1.807, 2.05) is 6.08 Å². The molecule has 30 heavy (non-hydrogen) atoms. The summed E-state index contributed by atoms with van der Waals surface area (Å²) in [6.07, 6.45) is 22.2. The summed E-state index contributed by atoms with van der Waals surface area (Å²) in [4.78, 5) is 0. The summed E-state index contributed by atoms with van der Waals surface area (Å²) in [7, 11) is 0. The molecule has 0 heterocycles. The Balaban J connectivity index is 0.000000479. The number of hydrogen-bond acceptors (Lipinski definition) is 1. The van der Waals surface area contributed by atoms with Crippen LogP contribution in [0.4, 0.5) is 0 Å². The first-order chi connectivity index (χ1) is 14.2. The fraction of sp³-hybridized carbons (Fsp3) is 0.862. The van der Waals surface area contributed by atoms with Crippen LogP contribution in [0.3, 0.4) is 0 Å². The number of aliphatic hydroxyl groups is 1. The first kappa shape index (κ1) is 27.5. The second-order valence-corrected chi connectivity index (χ2v) is 11.6. The zero-order valence-corrected chi connectivity index (χ0v) is 21.4. The van der Waals surface area contributed by atoms with Gasteiger partial charge in [-0.3, -0.25) is 0 Å². The zero-order valence-electron chi connectivity index (χ0n) is 21.4. The van der Waals surface area contributed by atoms with E-state index in [9.17, 15) is 5.11 Å². The summed E-state index contributed by atoms with van der Waals surface area (Å²) in [6, 6.07) is 0. The van der Waals surface area contributed by atoms with Gasteiger partial charge in [0.15, 0.2) is 0 Å². The van der Waals surface area contributed by atoms with Gasteiger partial charge in [-0.2, -0.15) is 0 Å². The summed E-state index contributed by atoms with van der Waals surface area (Å²) in [5, 5.41) is 9.57. The van der Waals surface area contributed by atoms with E-state index in [1.165, 1.54) is 57.8 Å². The zero-order chi connectivity index (χ0) is 22.5.